The third-order valence-electron chi connectivity index (χ3n) is 1.96. The monoisotopic (exact) mass is 189 g/mol. The molecule has 0 aromatic heterocycles. The molecule has 0 saturated carbocycles. The van der Waals surface area contributed by atoms with Crippen molar-refractivity contribution >= 4 is 5.78 Å². The third-order valence-corrected chi connectivity index (χ3v) is 1.96. The Bertz CT molecular complexity index is 107. The van der Waals surface area contributed by atoms with E-state index in [-0.39, 0.29) is 5.78 Å². The standard InChI is InChI=1S/C7H15NO.2C2H6/c1-4-7(8,5-2)6(3)9;2*1-2/h4-5,8H2,1-3H3;2*1-2H3. The minimum absolute atomic E-state index is 0.0903. The van der Waals surface area contributed by atoms with E-state index in [1.54, 1.807) is 6.92 Å². The lowest BCUT2D eigenvalue weighted by Gasteiger charge is -2.22. The molecule has 2 heteroatoms. The van der Waals surface area contributed by atoms with E-state index in [0.29, 0.717) is 0 Å². The second-order valence-electron chi connectivity index (χ2n) is 2.42. The van der Waals surface area contributed by atoms with E-state index < -0.39 is 5.54 Å². The number of rotatable bonds is 3. The Labute approximate surface area is 83.9 Å². The van der Waals surface area contributed by atoms with E-state index in [1.165, 1.54) is 0 Å². The molecule has 13 heavy (non-hydrogen) atoms. The first kappa shape index (κ1) is 18.4. The predicted molar refractivity (Wildman–Crippen MR) is 60.9 cm³/mol. The fourth-order valence-electron chi connectivity index (χ4n) is 0.748. The molecule has 0 spiro atoms. The molecule has 0 bridgehead atoms. The highest BCUT2D eigenvalue weighted by Crippen LogP contribution is 2.11. The maximum atomic E-state index is 10.8. The first-order valence-electron chi connectivity index (χ1n) is 5.36. The Hall–Kier alpha value is -0.370. The van der Waals surface area contributed by atoms with Crippen LogP contribution in [0, 0.1) is 0 Å². The highest BCUT2D eigenvalue weighted by Gasteiger charge is 2.25. The molecule has 0 heterocycles. The van der Waals surface area contributed by atoms with Gasteiger partial charge in [0.05, 0.1) is 5.54 Å². The van der Waals surface area contributed by atoms with Gasteiger partial charge in [0, 0.05) is 0 Å². The molecule has 2 N–H and O–H groups in total. The summed E-state index contributed by atoms with van der Waals surface area (Å²) in [6, 6.07) is 0. The molecule has 2 nitrogen and oxygen atoms in total. The van der Waals surface area contributed by atoms with Crippen LogP contribution in [-0.2, 0) is 4.79 Å². The fourth-order valence-corrected chi connectivity index (χ4v) is 0.748. The predicted octanol–water partition coefficient (Wildman–Crippen LogP) is 3.15. The second kappa shape index (κ2) is 11.6. The number of hydrogen-bond donors (Lipinski definition) is 1. The number of Topliss-reactive ketones (excluding diaryl/α,β-unsaturated/α-hetero) is 1. The smallest absolute Gasteiger partial charge is 0.149 e. The van der Waals surface area contributed by atoms with Crippen LogP contribution in [0.5, 0.6) is 0 Å². The van der Waals surface area contributed by atoms with Gasteiger partial charge in [0.15, 0.2) is 0 Å². The summed E-state index contributed by atoms with van der Waals surface area (Å²) in [5.74, 6) is 0.0903. The Kier molecular flexibility index (Phi) is 16.5. The lowest BCUT2D eigenvalue weighted by atomic mass is 9.90. The highest BCUT2D eigenvalue weighted by atomic mass is 16.1. The molecule has 0 radical (unpaired) electrons. The van der Waals surface area contributed by atoms with Crippen molar-refractivity contribution in [1.29, 1.82) is 0 Å². The quantitative estimate of drug-likeness (QED) is 0.741. The van der Waals surface area contributed by atoms with Crippen LogP contribution in [0.25, 0.3) is 0 Å². The van der Waals surface area contributed by atoms with Gasteiger partial charge in [0.1, 0.15) is 5.78 Å². The van der Waals surface area contributed by atoms with E-state index >= 15 is 0 Å². The van der Waals surface area contributed by atoms with Gasteiger partial charge < -0.3 is 5.73 Å². The molecule has 0 aliphatic carbocycles. The summed E-state index contributed by atoms with van der Waals surface area (Å²) >= 11 is 0. The zero-order chi connectivity index (χ0) is 11.5. The van der Waals surface area contributed by atoms with Gasteiger partial charge in [-0.3, -0.25) is 4.79 Å². The summed E-state index contributed by atoms with van der Waals surface area (Å²) in [5.41, 5.74) is 5.13. The summed E-state index contributed by atoms with van der Waals surface area (Å²) in [6.45, 7) is 13.4. The van der Waals surface area contributed by atoms with Crippen molar-refractivity contribution in [2.45, 2.75) is 66.8 Å². The lowest BCUT2D eigenvalue weighted by Crippen LogP contribution is -2.45. The maximum Gasteiger partial charge on any atom is 0.149 e. The zero-order valence-electron chi connectivity index (χ0n) is 10.4. The largest absolute Gasteiger partial charge is 0.319 e. The first-order valence-corrected chi connectivity index (χ1v) is 5.36. The van der Waals surface area contributed by atoms with Gasteiger partial charge in [0.2, 0.25) is 0 Å². The van der Waals surface area contributed by atoms with Gasteiger partial charge in [-0.05, 0) is 19.8 Å². The number of hydrogen-bond acceptors (Lipinski definition) is 2. The minimum atomic E-state index is -0.556. The average Bonchev–Trinajstić information content (AvgIpc) is 2.22. The molecule has 0 atom stereocenters. The second-order valence-corrected chi connectivity index (χ2v) is 2.42. The van der Waals surface area contributed by atoms with E-state index in [4.69, 9.17) is 5.73 Å². The van der Waals surface area contributed by atoms with Crippen LogP contribution < -0.4 is 5.73 Å². The zero-order valence-corrected chi connectivity index (χ0v) is 10.4. The van der Waals surface area contributed by atoms with E-state index in [2.05, 4.69) is 0 Å². The average molecular weight is 189 g/mol. The highest BCUT2D eigenvalue weighted by molar-refractivity contribution is 5.85. The van der Waals surface area contributed by atoms with Crippen LogP contribution in [0.15, 0.2) is 0 Å². The molecule has 0 rings (SSSR count). The van der Waals surface area contributed by atoms with Crippen molar-refractivity contribution in [1.82, 2.24) is 0 Å². The van der Waals surface area contributed by atoms with Crippen LogP contribution in [-0.4, -0.2) is 11.3 Å². The van der Waals surface area contributed by atoms with Gasteiger partial charge >= 0.3 is 0 Å². The SMILES string of the molecule is CC.CC.CCC(N)(CC)C(C)=O. The molecule has 0 aliphatic rings. The van der Waals surface area contributed by atoms with Gasteiger partial charge in [-0.25, -0.2) is 0 Å². The molecule has 82 valence electrons. The van der Waals surface area contributed by atoms with Crippen LogP contribution in [0.3, 0.4) is 0 Å². The van der Waals surface area contributed by atoms with Crippen molar-refractivity contribution < 1.29 is 4.79 Å². The molecule has 0 fully saturated rings. The molecule has 0 saturated heterocycles. The Balaban J connectivity index is -0.000000218. The summed E-state index contributed by atoms with van der Waals surface area (Å²) < 4.78 is 0. The van der Waals surface area contributed by atoms with Crippen LogP contribution in [0.4, 0.5) is 0 Å². The van der Waals surface area contributed by atoms with E-state index in [1.807, 2.05) is 41.5 Å². The molecule has 0 aromatic carbocycles. The Morgan fingerprint density at radius 1 is 1.08 bits per heavy atom. The number of carbonyl (C=O) groups excluding carboxylic acids is 1. The summed E-state index contributed by atoms with van der Waals surface area (Å²) in [7, 11) is 0. The Morgan fingerprint density at radius 3 is 1.31 bits per heavy atom. The molecule has 0 aromatic rings. The van der Waals surface area contributed by atoms with Crippen LogP contribution in [0.1, 0.15) is 61.3 Å². The minimum Gasteiger partial charge on any atom is -0.319 e. The van der Waals surface area contributed by atoms with Crippen molar-refractivity contribution in [3.8, 4) is 0 Å². The summed E-state index contributed by atoms with van der Waals surface area (Å²) in [4.78, 5) is 10.8. The van der Waals surface area contributed by atoms with Gasteiger partial charge in [-0.15, -0.1) is 0 Å². The van der Waals surface area contributed by atoms with Crippen LogP contribution in [0.2, 0.25) is 0 Å². The van der Waals surface area contributed by atoms with Gasteiger partial charge in [-0.2, -0.15) is 0 Å². The van der Waals surface area contributed by atoms with Crippen LogP contribution >= 0.6 is 0 Å². The van der Waals surface area contributed by atoms with Crippen molar-refractivity contribution in [2.24, 2.45) is 5.73 Å². The molecule has 0 amide bonds. The lowest BCUT2D eigenvalue weighted by molar-refractivity contribution is -0.122. The first-order chi connectivity index (χ1) is 6.06. The van der Waals surface area contributed by atoms with Crippen molar-refractivity contribution in [3.63, 3.8) is 0 Å². The summed E-state index contributed by atoms with van der Waals surface area (Å²) in [5, 5.41) is 0. The number of carbonyl (C=O) groups is 1. The normalized spacial score (nSPS) is 8.92. The van der Waals surface area contributed by atoms with Gasteiger partial charge in [0.25, 0.3) is 0 Å². The molecule has 0 aliphatic heterocycles. The maximum absolute atomic E-state index is 10.8. The number of ketones is 1. The number of nitrogens with two attached hydrogens (primary N) is 1. The molecule has 0 unspecified atom stereocenters. The molecular formula is C11H27NO. The Morgan fingerprint density at radius 2 is 1.31 bits per heavy atom. The van der Waals surface area contributed by atoms with E-state index in [0.717, 1.165) is 12.8 Å². The molecular weight excluding hydrogens is 162 g/mol. The fraction of sp³-hybridized carbons (Fsp3) is 0.909. The van der Waals surface area contributed by atoms with Crippen molar-refractivity contribution in [3.05, 3.63) is 0 Å². The topological polar surface area (TPSA) is 43.1 Å². The third kappa shape index (κ3) is 7.97. The van der Waals surface area contributed by atoms with E-state index in [9.17, 15) is 4.79 Å². The summed E-state index contributed by atoms with van der Waals surface area (Å²) in [6.07, 6.45) is 1.47. The van der Waals surface area contributed by atoms with Crippen molar-refractivity contribution in [2.75, 3.05) is 0 Å². The van der Waals surface area contributed by atoms with Gasteiger partial charge in [-0.1, -0.05) is 41.5 Å².